The van der Waals surface area contributed by atoms with Crippen molar-refractivity contribution in [1.82, 2.24) is 10.6 Å². The van der Waals surface area contributed by atoms with E-state index in [-0.39, 0.29) is 11.7 Å². The average molecular weight is 326 g/mol. The van der Waals surface area contributed by atoms with E-state index in [9.17, 15) is 14.4 Å². The van der Waals surface area contributed by atoms with Crippen molar-refractivity contribution in [2.24, 2.45) is 0 Å². The fourth-order valence-corrected chi connectivity index (χ4v) is 2.40. The Bertz CT molecular complexity index is 536. The first kappa shape index (κ1) is 18.0. The van der Waals surface area contributed by atoms with Crippen molar-refractivity contribution >= 4 is 29.5 Å². The molecule has 22 heavy (non-hydrogen) atoms. The maximum atomic E-state index is 11.9. The van der Waals surface area contributed by atoms with Gasteiger partial charge in [0.05, 0.1) is 17.9 Å². The first-order valence-corrected chi connectivity index (χ1v) is 7.50. The quantitative estimate of drug-likeness (QED) is 0.447. The van der Waals surface area contributed by atoms with E-state index < -0.39 is 18.4 Å². The second kappa shape index (κ2) is 9.80. The van der Waals surface area contributed by atoms with Crippen molar-refractivity contribution in [3.05, 3.63) is 29.8 Å². The van der Waals surface area contributed by atoms with Gasteiger partial charge in [-0.2, -0.15) is 0 Å². The minimum atomic E-state index is -1.11. The summed E-state index contributed by atoms with van der Waals surface area (Å²) in [4.78, 5) is 34.6. The van der Waals surface area contributed by atoms with Crippen molar-refractivity contribution in [3.8, 4) is 0 Å². The fourth-order valence-electron chi connectivity index (χ4n) is 1.52. The van der Waals surface area contributed by atoms with E-state index in [0.29, 0.717) is 23.6 Å². The number of carbonyl (C=O) groups excluding carboxylic acids is 2. The van der Waals surface area contributed by atoms with Crippen molar-refractivity contribution < 1.29 is 24.2 Å². The Morgan fingerprint density at radius 1 is 1.23 bits per heavy atom. The number of aliphatic carboxylic acids is 1. The molecule has 0 unspecified atom stereocenters. The lowest BCUT2D eigenvalue weighted by Gasteiger charge is -2.09. The van der Waals surface area contributed by atoms with Crippen LogP contribution >= 0.6 is 11.8 Å². The van der Waals surface area contributed by atoms with Gasteiger partial charge < -0.3 is 20.5 Å². The van der Waals surface area contributed by atoms with Gasteiger partial charge in [-0.1, -0.05) is 12.1 Å². The van der Waals surface area contributed by atoms with Crippen LogP contribution in [0.4, 0.5) is 0 Å². The molecule has 7 nitrogen and oxygen atoms in total. The normalized spacial score (nSPS) is 10.0. The predicted octanol–water partition coefficient (Wildman–Crippen LogP) is 0.356. The number of nitrogens with one attached hydrogen (secondary N) is 2. The monoisotopic (exact) mass is 326 g/mol. The molecule has 0 aromatic heterocycles. The van der Waals surface area contributed by atoms with E-state index in [1.165, 1.54) is 11.8 Å². The minimum absolute atomic E-state index is 0.160. The second-order valence-corrected chi connectivity index (χ2v) is 5.22. The Labute approximate surface area is 132 Å². The van der Waals surface area contributed by atoms with Crippen molar-refractivity contribution in [2.45, 2.75) is 4.90 Å². The largest absolute Gasteiger partial charge is 0.480 e. The number of ether oxygens (including phenoxy) is 1. The van der Waals surface area contributed by atoms with Crippen LogP contribution < -0.4 is 10.6 Å². The Hall–Kier alpha value is -2.06. The summed E-state index contributed by atoms with van der Waals surface area (Å²) in [6.45, 7) is 0.413. The van der Waals surface area contributed by atoms with Gasteiger partial charge in [0.2, 0.25) is 5.91 Å². The molecular formula is C14H18N2O5S. The van der Waals surface area contributed by atoms with Crippen molar-refractivity contribution in [1.29, 1.82) is 0 Å². The third-order valence-electron chi connectivity index (χ3n) is 2.52. The highest BCUT2D eigenvalue weighted by atomic mass is 32.2. The molecule has 2 amide bonds. The molecule has 0 aliphatic carbocycles. The van der Waals surface area contributed by atoms with E-state index >= 15 is 0 Å². The lowest BCUT2D eigenvalue weighted by molar-refractivity contribution is -0.135. The van der Waals surface area contributed by atoms with Gasteiger partial charge in [0.15, 0.2) is 0 Å². The Kier molecular flexibility index (Phi) is 8.01. The maximum Gasteiger partial charge on any atom is 0.322 e. The van der Waals surface area contributed by atoms with Gasteiger partial charge >= 0.3 is 5.97 Å². The van der Waals surface area contributed by atoms with Crippen LogP contribution in [0.1, 0.15) is 10.4 Å². The highest BCUT2D eigenvalue weighted by Gasteiger charge is 2.13. The zero-order valence-electron chi connectivity index (χ0n) is 12.1. The van der Waals surface area contributed by atoms with Crippen LogP contribution in [0.3, 0.4) is 0 Å². The summed E-state index contributed by atoms with van der Waals surface area (Å²) in [6.07, 6.45) is 0. The number of carboxylic acids is 1. The predicted molar refractivity (Wildman–Crippen MR) is 82.0 cm³/mol. The molecule has 0 fully saturated rings. The van der Waals surface area contributed by atoms with E-state index in [1.807, 2.05) is 0 Å². The number of carboxylic acid groups (broad SMARTS) is 1. The van der Waals surface area contributed by atoms with Gasteiger partial charge in [-0.3, -0.25) is 14.4 Å². The number of carbonyl (C=O) groups is 3. The highest BCUT2D eigenvalue weighted by Crippen LogP contribution is 2.22. The summed E-state index contributed by atoms with van der Waals surface area (Å²) in [6, 6.07) is 6.72. The molecule has 0 saturated heterocycles. The van der Waals surface area contributed by atoms with Gasteiger partial charge in [-0.25, -0.2) is 0 Å². The number of amides is 2. The molecule has 0 heterocycles. The Morgan fingerprint density at radius 2 is 1.95 bits per heavy atom. The smallest absolute Gasteiger partial charge is 0.322 e. The lowest BCUT2D eigenvalue weighted by Crippen LogP contribution is -2.30. The average Bonchev–Trinajstić information content (AvgIpc) is 2.51. The van der Waals surface area contributed by atoms with Crippen molar-refractivity contribution in [2.75, 3.05) is 32.6 Å². The van der Waals surface area contributed by atoms with Crippen LogP contribution in [0.15, 0.2) is 29.2 Å². The highest BCUT2D eigenvalue weighted by molar-refractivity contribution is 8.00. The van der Waals surface area contributed by atoms with E-state index in [0.717, 1.165) is 0 Å². The van der Waals surface area contributed by atoms with Gasteiger partial charge in [0, 0.05) is 18.6 Å². The number of hydrogen-bond acceptors (Lipinski definition) is 5. The molecule has 3 N–H and O–H groups in total. The Morgan fingerprint density at radius 3 is 2.64 bits per heavy atom. The standard InChI is InChI=1S/C14H18N2O5S/c1-21-7-6-15-12(17)9-22-11-5-3-2-4-10(11)14(20)16-8-13(18)19/h2-5H,6-9H2,1H3,(H,15,17)(H,16,20)(H,18,19). The van der Waals surface area contributed by atoms with Crippen LogP contribution in [-0.2, 0) is 14.3 Å². The topological polar surface area (TPSA) is 105 Å². The molecule has 8 heteroatoms. The van der Waals surface area contributed by atoms with E-state index in [2.05, 4.69) is 10.6 Å². The van der Waals surface area contributed by atoms with Gasteiger partial charge in [-0.15, -0.1) is 11.8 Å². The zero-order valence-corrected chi connectivity index (χ0v) is 12.9. The number of methoxy groups -OCH3 is 1. The fraction of sp³-hybridized carbons (Fsp3) is 0.357. The first-order valence-electron chi connectivity index (χ1n) is 6.52. The summed E-state index contributed by atoms with van der Waals surface area (Å²) in [7, 11) is 1.55. The molecule has 0 aliphatic heterocycles. The summed E-state index contributed by atoms with van der Waals surface area (Å²) >= 11 is 1.21. The molecule has 0 atom stereocenters. The molecule has 1 aromatic rings. The number of thioether (sulfide) groups is 1. The number of rotatable bonds is 9. The number of benzene rings is 1. The molecule has 1 rings (SSSR count). The summed E-state index contributed by atoms with van der Waals surface area (Å²) in [5.41, 5.74) is 0.346. The van der Waals surface area contributed by atoms with Crippen LogP contribution in [0.25, 0.3) is 0 Å². The third kappa shape index (κ3) is 6.59. The van der Waals surface area contributed by atoms with Gasteiger partial charge in [0.1, 0.15) is 6.54 Å². The van der Waals surface area contributed by atoms with Crippen LogP contribution in [-0.4, -0.2) is 55.4 Å². The molecule has 0 saturated carbocycles. The molecule has 0 bridgehead atoms. The molecule has 120 valence electrons. The minimum Gasteiger partial charge on any atom is -0.480 e. The van der Waals surface area contributed by atoms with E-state index in [4.69, 9.17) is 9.84 Å². The summed E-state index contributed by atoms with van der Waals surface area (Å²) in [5, 5.41) is 13.6. The van der Waals surface area contributed by atoms with Crippen LogP contribution in [0, 0.1) is 0 Å². The van der Waals surface area contributed by atoms with E-state index in [1.54, 1.807) is 31.4 Å². The SMILES string of the molecule is COCCNC(=O)CSc1ccccc1C(=O)NCC(=O)O. The van der Waals surface area contributed by atoms with Gasteiger partial charge in [0.25, 0.3) is 5.91 Å². The Balaban J connectivity index is 2.58. The summed E-state index contributed by atoms with van der Waals surface area (Å²) < 4.78 is 4.83. The molecule has 0 aliphatic rings. The summed E-state index contributed by atoms with van der Waals surface area (Å²) in [5.74, 6) is -1.60. The van der Waals surface area contributed by atoms with Crippen LogP contribution in [0.5, 0.6) is 0 Å². The molecule has 0 spiro atoms. The molecular weight excluding hydrogens is 308 g/mol. The molecule has 1 aromatic carbocycles. The maximum absolute atomic E-state index is 11.9. The first-order chi connectivity index (χ1) is 10.5. The van der Waals surface area contributed by atoms with Gasteiger partial charge in [-0.05, 0) is 12.1 Å². The van der Waals surface area contributed by atoms with Crippen molar-refractivity contribution in [3.63, 3.8) is 0 Å². The lowest BCUT2D eigenvalue weighted by atomic mass is 10.2. The van der Waals surface area contributed by atoms with Crippen LogP contribution in [0.2, 0.25) is 0 Å². The number of hydrogen-bond donors (Lipinski definition) is 3. The zero-order chi connectivity index (χ0) is 16.4. The third-order valence-corrected chi connectivity index (χ3v) is 3.59. The molecule has 0 radical (unpaired) electrons. The second-order valence-electron chi connectivity index (χ2n) is 4.20.